The number of rotatable bonds is 7. The molecule has 1 heterocycles. The lowest BCUT2D eigenvalue weighted by Gasteiger charge is -2.34. The fraction of sp³-hybridized carbons (Fsp3) is 0.0588. The van der Waals surface area contributed by atoms with Gasteiger partial charge in [-0.05, 0) is 33.4 Å². The lowest BCUT2D eigenvalue weighted by Crippen LogP contribution is -2.39. The van der Waals surface area contributed by atoms with Crippen LogP contribution in [0.3, 0.4) is 0 Å². The first-order valence-electron chi connectivity index (χ1n) is 12.6. The van der Waals surface area contributed by atoms with Crippen LogP contribution in [-0.2, 0) is 10.9 Å². The Morgan fingerprint density at radius 3 is 1.53 bits per heavy atom. The second-order valence-electron chi connectivity index (χ2n) is 9.20. The van der Waals surface area contributed by atoms with Crippen LogP contribution >= 0.6 is 15.9 Å². The molecule has 0 amide bonds. The lowest BCUT2D eigenvalue weighted by molar-refractivity contribution is 0.405. The molecule has 6 rings (SSSR count). The maximum atomic E-state index is 5.20. The Bertz CT molecular complexity index is 1530. The molecule has 5 aromatic carbocycles. The molecule has 0 aliphatic carbocycles. The van der Waals surface area contributed by atoms with Crippen molar-refractivity contribution in [3.8, 4) is 22.4 Å². The van der Waals surface area contributed by atoms with Gasteiger partial charge >= 0.3 is 0 Å². The number of aromatic nitrogens is 3. The molecule has 0 radical (unpaired) electrons. The van der Waals surface area contributed by atoms with Gasteiger partial charge in [0.25, 0.3) is 0 Å². The normalized spacial score (nSPS) is 11.4. The van der Waals surface area contributed by atoms with Gasteiger partial charge in [0.05, 0.1) is 6.20 Å². The third kappa shape index (κ3) is 4.27. The Labute approximate surface area is 231 Å². The van der Waals surface area contributed by atoms with E-state index in [1.165, 1.54) is 5.56 Å². The molecule has 1 aromatic heterocycles. The first kappa shape index (κ1) is 24.1. The Morgan fingerprint density at radius 1 is 0.553 bits per heavy atom. The number of hydrogen-bond donors (Lipinski definition) is 0. The summed E-state index contributed by atoms with van der Waals surface area (Å²) in [4.78, 5) is 1.88. The number of alkyl halides is 1. The average Bonchev–Trinajstić information content (AvgIpc) is 3.50. The van der Waals surface area contributed by atoms with E-state index < -0.39 is 5.54 Å². The molecular weight excluding hydrogens is 530 g/mol. The zero-order valence-corrected chi connectivity index (χ0v) is 22.4. The van der Waals surface area contributed by atoms with E-state index in [4.69, 9.17) is 10.2 Å². The van der Waals surface area contributed by atoms with E-state index in [1.807, 2.05) is 29.2 Å². The van der Waals surface area contributed by atoms with Crippen LogP contribution < -0.4 is 0 Å². The van der Waals surface area contributed by atoms with Crippen molar-refractivity contribution in [3.05, 3.63) is 168 Å². The van der Waals surface area contributed by atoms with E-state index in [9.17, 15) is 0 Å². The maximum Gasteiger partial charge on any atom is 0.157 e. The zero-order chi connectivity index (χ0) is 25.8. The number of benzene rings is 5. The zero-order valence-electron chi connectivity index (χ0n) is 20.8. The van der Waals surface area contributed by atoms with Crippen molar-refractivity contribution in [2.45, 2.75) is 10.9 Å². The number of hydrogen-bond acceptors (Lipinski definition) is 2. The summed E-state index contributed by atoms with van der Waals surface area (Å²) in [6.45, 7) is 0. The van der Waals surface area contributed by atoms with Crippen LogP contribution in [0.25, 0.3) is 22.4 Å². The minimum Gasteiger partial charge on any atom is -0.164 e. The van der Waals surface area contributed by atoms with E-state index in [-0.39, 0.29) is 0 Å². The van der Waals surface area contributed by atoms with Crippen LogP contribution in [0.1, 0.15) is 22.3 Å². The predicted octanol–water partition coefficient (Wildman–Crippen LogP) is 8.35. The third-order valence-corrected chi connectivity index (χ3v) is 7.64. The molecule has 0 atom stereocenters. The smallest absolute Gasteiger partial charge is 0.157 e. The van der Waals surface area contributed by atoms with Crippen molar-refractivity contribution in [3.63, 3.8) is 0 Å². The van der Waals surface area contributed by atoms with Gasteiger partial charge < -0.3 is 0 Å². The summed E-state index contributed by atoms with van der Waals surface area (Å²) < 4.78 is 0. The number of nitrogens with zero attached hydrogens (tertiary/aromatic N) is 3. The molecule has 0 bridgehead atoms. The van der Waals surface area contributed by atoms with Crippen molar-refractivity contribution in [2.24, 2.45) is 0 Å². The van der Waals surface area contributed by atoms with E-state index in [0.29, 0.717) is 0 Å². The van der Waals surface area contributed by atoms with Gasteiger partial charge in [0.1, 0.15) is 5.69 Å². The van der Waals surface area contributed by atoms with Crippen molar-refractivity contribution < 1.29 is 0 Å². The molecule has 0 saturated carbocycles. The summed E-state index contributed by atoms with van der Waals surface area (Å²) in [7, 11) is 0. The highest BCUT2D eigenvalue weighted by Gasteiger charge is 2.40. The van der Waals surface area contributed by atoms with Gasteiger partial charge in [0.2, 0.25) is 0 Å². The van der Waals surface area contributed by atoms with E-state index in [2.05, 4.69) is 137 Å². The first-order chi connectivity index (χ1) is 18.8. The highest BCUT2D eigenvalue weighted by molar-refractivity contribution is 9.08. The molecule has 0 unspecified atom stereocenters. The maximum absolute atomic E-state index is 5.20. The first-order valence-corrected chi connectivity index (χ1v) is 13.8. The Hall–Kier alpha value is -4.28. The fourth-order valence-electron chi connectivity index (χ4n) is 5.16. The fourth-order valence-corrected chi connectivity index (χ4v) is 5.54. The topological polar surface area (TPSA) is 30.7 Å². The van der Waals surface area contributed by atoms with Crippen LogP contribution in [0, 0.1) is 0 Å². The Morgan fingerprint density at radius 2 is 1.03 bits per heavy atom. The Balaban J connectivity index is 1.57. The summed E-state index contributed by atoms with van der Waals surface area (Å²) in [5, 5.41) is 11.0. The van der Waals surface area contributed by atoms with Crippen LogP contribution in [-0.4, -0.2) is 15.0 Å². The summed E-state index contributed by atoms with van der Waals surface area (Å²) in [6, 6.07) is 48.6. The van der Waals surface area contributed by atoms with Crippen LogP contribution in [0.2, 0.25) is 0 Å². The second-order valence-corrected chi connectivity index (χ2v) is 9.76. The molecule has 0 spiro atoms. The van der Waals surface area contributed by atoms with Crippen molar-refractivity contribution >= 4 is 15.9 Å². The molecule has 0 N–H and O–H groups in total. The monoisotopic (exact) mass is 555 g/mol. The summed E-state index contributed by atoms with van der Waals surface area (Å²) in [5.41, 5.74) is 7.95. The van der Waals surface area contributed by atoms with Crippen molar-refractivity contribution in [2.75, 3.05) is 0 Å². The van der Waals surface area contributed by atoms with Crippen LogP contribution in [0.5, 0.6) is 0 Å². The summed E-state index contributed by atoms with van der Waals surface area (Å²) in [6.07, 6.45) is 1.88. The van der Waals surface area contributed by atoms with Gasteiger partial charge in [-0.15, -0.1) is 0 Å². The van der Waals surface area contributed by atoms with Gasteiger partial charge in [0.15, 0.2) is 5.54 Å². The molecule has 0 saturated heterocycles. The molecular formula is C34H26BrN3. The second kappa shape index (κ2) is 10.6. The molecule has 0 fully saturated rings. The largest absolute Gasteiger partial charge is 0.164 e. The SMILES string of the molecule is BrCc1ccc(-c2ccccc2-c2cnn(C(c3ccccc3)(c3ccccc3)c3ccccc3)n2)cc1. The minimum atomic E-state index is -0.742. The third-order valence-electron chi connectivity index (χ3n) is 6.99. The van der Waals surface area contributed by atoms with Gasteiger partial charge in [-0.25, -0.2) is 0 Å². The Kier molecular flexibility index (Phi) is 6.72. The molecule has 38 heavy (non-hydrogen) atoms. The summed E-state index contributed by atoms with van der Waals surface area (Å²) >= 11 is 3.55. The van der Waals surface area contributed by atoms with Crippen LogP contribution in [0.4, 0.5) is 0 Å². The molecule has 0 aliphatic rings. The van der Waals surface area contributed by atoms with Gasteiger partial charge in [-0.1, -0.05) is 155 Å². The van der Waals surface area contributed by atoms with Gasteiger partial charge in [-0.2, -0.15) is 15.0 Å². The van der Waals surface area contributed by atoms with Gasteiger partial charge in [0, 0.05) is 10.9 Å². The standard InChI is InChI=1S/C34H26BrN3/c35-24-26-20-22-27(23-21-26)31-18-10-11-19-32(31)33-25-36-38(37-33)34(28-12-4-1-5-13-28,29-14-6-2-7-15-29)30-16-8-3-9-17-30/h1-23,25H,24H2. The average molecular weight is 557 g/mol. The van der Waals surface area contributed by atoms with E-state index in [0.717, 1.165) is 44.4 Å². The van der Waals surface area contributed by atoms with E-state index >= 15 is 0 Å². The number of halogens is 1. The van der Waals surface area contributed by atoms with Crippen LogP contribution in [0.15, 0.2) is 146 Å². The highest BCUT2D eigenvalue weighted by atomic mass is 79.9. The predicted molar refractivity (Wildman–Crippen MR) is 158 cm³/mol. The quantitative estimate of drug-likeness (QED) is 0.146. The van der Waals surface area contributed by atoms with E-state index in [1.54, 1.807) is 0 Å². The molecule has 184 valence electrons. The van der Waals surface area contributed by atoms with Crippen molar-refractivity contribution in [1.29, 1.82) is 0 Å². The summed E-state index contributed by atoms with van der Waals surface area (Å²) in [5.74, 6) is 0. The minimum absolute atomic E-state index is 0.742. The molecule has 0 aliphatic heterocycles. The molecule has 3 nitrogen and oxygen atoms in total. The highest BCUT2D eigenvalue weighted by Crippen LogP contribution is 2.40. The molecule has 4 heteroatoms. The molecule has 6 aromatic rings. The lowest BCUT2D eigenvalue weighted by atomic mass is 9.77. The van der Waals surface area contributed by atoms with Crippen molar-refractivity contribution in [1.82, 2.24) is 15.0 Å². The van der Waals surface area contributed by atoms with Gasteiger partial charge in [-0.3, -0.25) is 0 Å².